The van der Waals surface area contributed by atoms with Gasteiger partial charge in [0.25, 0.3) is 0 Å². The zero-order chi connectivity index (χ0) is 17.6. The van der Waals surface area contributed by atoms with Crippen molar-refractivity contribution in [2.24, 2.45) is 0 Å². The van der Waals surface area contributed by atoms with Crippen molar-refractivity contribution >= 4 is 42.3 Å². The highest BCUT2D eigenvalue weighted by atomic mass is 35.5. The number of hydrogen-bond donors (Lipinski definition) is 1. The van der Waals surface area contributed by atoms with Crippen LogP contribution >= 0.6 is 36.4 Å². The fourth-order valence-electron chi connectivity index (χ4n) is 3.39. The highest BCUT2D eigenvalue weighted by Crippen LogP contribution is 2.19. The molecule has 2 aliphatic heterocycles. The molecule has 3 rings (SSSR count). The summed E-state index contributed by atoms with van der Waals surface area (Å²) in [5.74, 6) is -0.0326. The number of carbonyl (C=O) groups is 1. The normalized spacial score (nSPS) is 18.5. The van der Waals surface area contributed by atoms with E-state index in [1.165, 1.54) is 12.1 Å². The van der Waals surface area contributed by atoms with Crippen LogP contribution in [-0.4, -0.2) is 79.5 Å². The van der Waals surface area contributed by atoms with Gasteiger partial charge in [0.2, 0.25) is 5.91 Å². The lowest BCUT2D eigenvalue weighted by molar-refractivity contribution is -0.132. The Labute approximate surface area is 178 Å². The summed E-state index contributed by atoms with van der Waals surface area (Å²) in [6, 6.07) is 4.59. The van der Waals surface area contributed by atoms with Gasteiger partial charge in [-0.15, -0.1) is 24.8 Å². The molecule has 2 saturated heterocycles. The quantitative estimate of drug-likeness (QED) is 0.761. The van der Waals surface area contributed by atoms with Crippen molar-refractivity contribution in [3.63, 3.8) is 0 Å². The highest BCUT2D eigenvalue weighted by Gasteiger charge is 2.20. The summed E-state index contributed by atoms with van der Waals surface area (Å²) in [4.78, 5) is 18.9. The second kappa shape index (κ2) is 12.0. The molecule has 27 heavy (non-hydrogen) atoms. The number of nitrogens with one attached hydrogen (secondary N) is 1. The van der Waals surface area contributed by atoms with Crippen LogP contribution in [0.5, 0.6) is 0 Å². The van der Waals surface area contributed by atoms with Gasteiger partial charge in [0.1, 0.15) is 5.82 Å². The molecule has 2 heterocycles. The lowest BCUT2D eigenvalue weighted by atomic mass is 10.2. The van der Waals surface area contributed by atoms with Crippen molar-refractivity contribution in [3.8, 4) is 0 Å². The van der Waals surface area contributed by atoms with E-state index >= 15 is 0 Å². The standard InChI is InChI=1S/C18H26ClFN4O.2ClH/c19-17-13-16(20)2-1-15(17)14-23-11-9-22(10-12-23)6-3-18(25)24-7-4-21-5-8-24;;/h1-2,13,21H,3-12,14H2;2*1H. The van der Waals surface area contributed by atoms with E-state index in [2.05, 4.69) is 15.1 Å². The molecule has 1 aromatic carbocycles. The molecule has 0 radical (unpaired) electrons. The molecule has 0 aromatic heterocycles. The minimum atomic E-state index is -0.298. The zero-order valence-corrected chi connectivity index (χ0v) is 17.7. The molecule has 0 aliphatic carbocycles. The van der Waals surface area contributed by atoms with Crippen LogP contribution in [0.2, 0.25) is 5.02 Å². The topological polar surface area (TPSA) is 38.8 Å². The molecule has 5 nitrogen and oxygen atoms in total. The predicted octanol–water partition coefficient (Wildman–Crippen LogP) is 2.26. The summed E-state index contributed by atoms with van der Waals surface area (Å²) in [6.07, 6.45) is 0.601. The number of rotatable bonds is 5. The third-order valence-electron chi connectivity index (χ3n) is 4.99. The van der Waals surface area contributed by atoms with Gasteiger partial charge in [0, 0.05) is 76.9 Å². The SMILES string of the molecule is Cl.Cl.O=C(CCN1CCN(Cc2ccc(F)cc2Cl)CC1)N1CCNCC1. The lowest BCUT2D eigenvalue weighted by Crippen LogP contribution is -2.49. The van der Waals surface area contributed by atoms with E-state index in [-0.39, 0.29) is 36.5 Å². The first-order valence-corrected chi connectivity index (χ1v) is 9.37. The second-order valence-electron chi connectivity index (χ2n) is 6.73. The third kappa shape index (κ3) is 7.37. The smallest absolute Gasteiger partial charge is 0.223 e. The van der Waals surface area contributed by atoms with Crippen molar-refractivity contribution in [1.82, 2.24) is 20.0 Å². The highest BCUT2D eigenvalue weighted by molar-refractivity contribution is 6.31. The third-order valence-corrected chi connectivity index (χ3v) is 5.34. The van der Waals surface area contributed by atoms with Crippen LogP contribution in [0.3, 0.4) is 0 Å². The molecule has 154 valence electrons. The van der Waals surface area contributed by atoms with E-state index in [9.17, 15) is 9.18 Å². The molecule has 0 saturated carbocycles. The van der Waals surface area contributed by atoms with E-state index in [0.29, 0.717) is 11.4 Å². The number of carbonyl (C=O) groups excluding carboxylic acids is 1. The monoisotopic (exact) mass is 440 g/mol. The fourth-order valence-corrected chi connectivity index (χ4v) is 3.61. The molecule has 1 aromatic rings. The Bertz CT molecular complexity index is 594. The van der Waals surface area contributed by atoms with Crippen LogP contribution in [0.25, 0.3) is 0 Å². The summed E-state index contributed by atoms with van der Waals surface area (Å²) >= 11 is 6.11. The Balaban J connectivity index is 0.00000182. The largest absolute Gasteiger partial charge is 0.340 e. The van der Waals surface area contributed by atoms with E-state index < -0.39 is 0 Å². The molecule has 0 bridgehead atoms. The maximum Gasteiger partial charge on any atom is 0.223 e. The van der Waals surface area contributed by atoms with E-state index in [0.717, 1.165) is 71.0 Å². The summed E-state index contributed by atoms with van der Waals surface area (Å²) < 4.78 is 13.1. The summed E-state index contributed by atoms with van der Waals surface area (Å²) in [5.41, 5.74) is 0.963. The van der Waals surface area contributed by atoms with Gasteiger partial charge < -0.3 is 15.1 Å². The minimum absolute atomic E-state index is 0. The van der Waals surface area contributed by atoms with Crippen LogP contribution in [0.1, 0.15) is 12.0 Å². The molecule has 1 N–H and O–H groups in total. The lowest BCUT2D eigenvalue weighted by Gasteiger charge is -2.35. The Morgan fingerprint density at radius 1 is 1.04 bits per heavy atom. The number of hydrogen-bond acceptors (Lipinski definition) is 4. The first-order chi connectivity index (χ1) is 12.1. The van der Waals surface area contributed by atoms with Crippen LogP contribution in [-0.2, 0) is 11.3 Å². The number of nitrogens with zero attached hydrogens (tertiary/aromatic N) is 3. The van der Waals surface area contributed by atoms with Gasteiger partial charge in [0.15, 0.2) is 0 Å². The predicted molar refractivity (Wildman–Crippen MR) is 112 cm³/mol. The first-order valence-electron chi connectivity index (χ1n) is 8.99. The van der Waals surface area contributed by atoms with Gasteiger partial charge in [-0.05, 0) is 17.7 Å². The maximum atomic E-state index is 13.1. The Hall–Kier alpha value is -0.630. The van der Waals surface area contributed by atoms with Gasteiger partial charge in [-0.25, -0.2) is 4.39 Å². The zero-order valence-electron chi connectivity index (χ0n) is 15.3. The minimum Gasteiger partial charge on any atom is -0.340 e. The molecule has 0 unspecified atom stereocenters. The summed E-state index contributed by atoms with van der Waals surface area (Å²) in [6.45, 7) is 8.80. The average molecular weight is 442 g/mol. The van der Waals surface area contributed by atoms with Gasteiger partial charge in [-0.2, -0.15) is 0 Å². The first kappa shape index (κ1) is 24.4. The Kier molecular flexibility index (Phi) is 10.9. The van der Waals surface area contributed by atoms with Gasteiger partial charge in [-0.1, -0.05) is 17.7 Å². The molecule has 0 atom stereocenters. The molecule has 2 aliphatic rings. The van der Waals surface area contributed by atoms with Crippen LogP contribution in [0.4, 0.5) is 4.39 Å². The molecular weight excluding hydrogens is 414 g/mol. The van der Waals surface area contributed by atoms with Crippen molar-refractivity contribution in [1.29, 1.82) is 0 Å². The number of halogens is 4. The average Bonchev–Trinajstić information content (AvgIpc) is 2.64. The van der Waals surface area contributed by atoms with Crippen molar-refractivity contribution in [2.45, 2.75) is 13.0 Å². The van der Waals surface area contributed by atoms with Crippen molar-refractivity contribution < 1.29 is 9.18 Å². The van der Waals surface area contributed by atoms with Crippen molar-refractivity contribution in [2.75, 3.05) is 58.9 Å². The van der Waals surface area contributed by atoms with E-state index in [1.54, 1.807) is 6.07 Å². The molecule has 1 amide bonds. The fraction of sp³-hybridized carbons (Fsp3) is 0.611. The Morgan fingerprint density at radius 3 is 2.30 bits per heavy atom. The van der Waals surface area contributed by atoms with Crippen LogP contribution < -0.4 is 5.32 Å². The van der Waals surface area contributed by atoms with Gasteiger partial charge in [0.05, 0.1) is 0 Å². The molecule has 9 heteroatoms. The molecule has 2 fully saturated rings. The van der Waals surface area contributed by atoms with Gasteiger partial charge >= 0.3 is 0 Å². The van der Waals surface area contributed by atoms with Crippen LogP contribution in [0.15, 0.2) is 18.2 Å². The molecule has 0 spiro atoms. The van der Waals surface area contributed by atoms with Gasteiger partial charge in [-0.3, -0.25) is 9.69 Å². The number of benzene rings is 1. The molecular formula is C18H28Cl3FN4O. The maximum absolute atomic E-state index is 13.1. The summed E-state index contributed by atoms with van der Waals surface area (Å²) in [7, 11) is 0. The summed E-state index contributed by atoms with van der Waals surface area (Å²) in [5, 5.41) is 3.76. The number of amides is 1. The second-order valence-corrected chi connectivity index (χ2v) is 7.14. The van der Waals surface area contributed by atoms with Crippen LogP contribution in [0, 0.1) is 5.82 Å². The number of piperazine rings is 2. The van der Waals surface area contributed by atoms with Crippen molar-refractivity contribution in [3.05, 3.63) is 34.6 Å². The van der Waals surface area contributed by atoms with E-state index in [1.807, 2.05) is 4.90 Å². The van der Waals surface area contributed by atoms with E-state index in [4.69, 9.17) is 11.6 Å². The Morgan fingerprint density at radius 2 is 1.67 bits per heavy atom.